The van der Waals surface area contributed by atoms with Crippen molar-refractivity contribution >= 4 is 18.3 Å². The summed E-state index contributed by atoms with van der Waals surface area (Å²) in [6.07, 6.45) is 4.92. The van der Waals surface area contributed by atoms with Crippen LogP contribution in [-0.4, -0.2) is 36.5 Å². The Bertz CT molecular complexity index is 498. The lowest BCUT2D eigenvalue weighted by molar-refractivity contribution is 0.0674. The van der Waals surface area contributed by atoms with E-state index in [1.807, 2.05) is 17.0 Å². The lowest BCUT2D eigenvalue weighted by Gasteiger charge is -2.35. The molecule has 1 amide bonds. The van der Waals surface area contributed by atoms with Gasteiger partial charge in [-0.05, 0) is 64.1 Å². The molecule has 2 aliphatic heterocycles. The average molecular weight is 323 g/mol. The normalized spacial score (nSPS) is 22.5. The van der Waals surface area contributed by atoms with Crippen LogP contribution in [0.15, 0.2) is 18.2 Å². The summed E-state index contributed by atoms with van der Waals surface area (Å²) in [4.78, 5) is 14.7. The van der Waals surface area contributed by atoms with Crippen LogP contribution in [0, 0.1) is 19.8 Å². The number of rotatable bonds is 2. The molecule has 1 aromatic rings. The number of likely N-dealkylation sites (tertiary alicyclic amines) is 1. The van der Waals surface area contributed by atoms with Crippen molar-refractivity contribution in [1.29, 1.82) is 0 Å². The Kier molecular flexibility index (Phi) is 5.87. The van der Waals surface area contributed by atoms with Gasteiger partial charge in [0.15, 0.2) is 0 Å². The van der Waals surface area contributed by atoms with Crippen molar-refractivity contribution in [2.75, 3.05) is 19.6 Å². The molecule has 3 nitrogen and oxygen atoms in total. The molecule has 3 rings (SSSR count). The summed E-state index contributed by atoms with van der Waals surface area (Å²) in [5, 5.41) is 3.61. The molecule has 1 N–H and O–H groups in total. The van der Waals surface area contributed by atoms with Gasteiger partial charge >= 0.3 is 0 Å². The van der Waals surface area contributed by atoms with Crippen molar-refractivity contribution < 1.29 is 4.79 Å². The van der Waals surface area contributed by atoms with E-state index < -0.39 is 0 Å². The summed E-state index contributed by atoms with van der Waals surface area (Å²) in [7, 11) is 0. The van der Waals surface area contributed by atoms with E-state index in [1.54, 1.807) is 0 Å². The van der Waals surface area contributed by atoms with Crippen LogP contribution in [-0.2, 0) is 0 Å². The van der Waals surface area contributed by atoms with Gasteiger partial charge in [0, 0.05) is 24.7 Å². The Balaban J connectivity index is 0.00000176. The molecule has 0 spiro atoms. The van der Waals surface area contributed by atoms with Gasteiger partial charge in [0.05, 0.1) is 0 Å². The Morgan fingerprint density at radius 2 is 1.73 bits per heavy atom. The van der Waals surface area contributed by atoms with Gasteiger partial charge in [-0.25, -0.2) is 0 Å². The summed E-state index contributed by atoms with van der Waals surface area (Å²) in [5.41, 5.74) is 3.19. The van der Waals surface area contributed by atoms with Crippen LogP contribution in [0.5, 0.6) is 0 Å². The zero-order chi connectivity index (χ0) is 14.8. The molecule has 1 aromatic carbocycles. The molecule has 0 aliphatic carbocycles. The number of nitrogens with zero attached hydrogens (tertiary/aromatic N) is 1. The first-order valence-corrected chi connectivity index (χ1v) is 8.24. The van der Waals surface area contributed by atoms with Crippen molar-refractivity contribution in [3.8, 4) is 0 Å². The smallest absolute Gasteiger partial charge is 0.253 e. The number of amides is 1. The molecule has 2 heterocycles. The van der Waals surface area contributed by atoms with Gasteiger partial charge in [0.1, 0.15) is 0 Å². The Labute approximate surface area is 139 Å². The monoisotopic (exact) mass is 322 g/mol. The largest absolute Gasteiger partial charge is 0.339 e. The third-order valence-corrected chi connectivity index (χ3v) is 4.96. The number of halogens is 1. The maximum absolute atomic E-state index is 12.6. The first kappa shape index (κ1) is 17.3. The molecule has 2 aliphatic rings. The summed E-state index contributed by atoms with van der Waals surface area (Å²) in [6.45, 7) is 7.11. The standard InChI is InChI=1S/C18H26N2O.ClH/c1-13-10-14(2)12-16(11-13)18(21)20-8-5-15(6-9-20)17-4-3-7-19-17;/h10-12,15,17,19H,3-9H2,1-2H3;1H. The van der Waals surface area contributed by atoms with Crippen LogP contribution in [0.3, 0.4) is 0 Å². The van der Waals surface area contributed by atoms with Crippen molar-refractivity contribution in [2.45, 2.75) is 45.6 Å². The molecule has 0 aromatic heterocycles. The highest BCUT2D eigenvalue weighted by molar-refractivity contribution is 5.94. The second-order valence-electron chi connectivity index (χ2n) is 6.71. The van der Waals surface area contributed by atoms with Crippen molar-refractivity contribution in [1.82, 2.24) is 10.2 Å². The molecule has 1 atom stereocenters. The summed E-state index contributed by atoms with van der Waals surface area (Å²) in [5.74, 6) is 0.968. The first-order valence-electron chi connectivity index (χ1n) is 8.24. The van der Waals surface area contributed by atoms with Crippen molar-refractivity contribution in [3.05, 3.63) is 34.9 Å². The fourth-order valence-electron chi connectivity index (χ4n) is 3.90. The predicted octanol–water partition coefficient (Wildman–Crippen LogP) is 3.33. The van der Waals surface area contributed by atoms with Crippen LogP contribution in [0.4, 0.5) is 0 Å². The molecule has 0 saturated carbocycles. The number of benzene rings is 1. The molecule has 0 radical (unpaired) electrons. The van der Waals surface area contributed by atoms with Gasteiger partial charge in [-0.3, -0.25) is 4.79 Å². The minimum atomic E-state index is 0. The predicted molar refractivity (Wildman–Crippen MR) is 92.8 cm³/mol. The van der Waals surface area contributed by atoms with E-state index in [2.05, 4.69) is 25.2 Å². The number of hydrogen-bond acceptors (Lipinski definition) is 2. The van der Waals surface area contributed by atoms with Crippen molar-refractivity contribution in [3.63, 3.8) is 0 Å². The molecule has 1 unspecified atom stereocenters. The molecule has 22 heavy (non-hydrogen) atoms. The van der Waals surface area contributed by atoms with E-state index in [4.69, 9.17) is 0 Å². The van der Waals surface area contributed by atoms with Crippen LogP contribution < -0.4 is 5.32 Å². The summed E-state index contributed by atoms with van der Waals surface area (Å²) in [6, 6.07) is 6.85. The number of carbonyl (C=O) groups excluding carboxylic acids is 1. The van der Waals surface area contributed by atoms with Gasteiger partial charge in [0.25, 0.3) is 5.91 Å². The maximum atomic E-state index is 12.6. The Hall–Kier alpha value is -1.06. The number of piperidine rings is 1. The molecular formula is C18H27ClN2O. The summed E-state index contributed by atoms with van der Waals surface area (Å²) < 4.78 is 0. The number of carbonyl (C=O) groups is 1. The van der Waals surface area contributed by atoms with E-state index in [0.717, 1.165) is 37.4 Å². The second kappa shape index (κ2) is 7.47. The fraction of sp³-hybridized carbons (Fsp3) is 0.611. The van der Waals surface area contributed by atoms with Crippen LogP contribution in [0.2, 0.25) is 0 Å². The van der Waals surface area contributed by atoms with E-state index in [0.29, 0.717) is 6.04 Å². The van der Waals surface area contributed by atoms with E-state index in [-0.39, 0.29) is 18.3 Å². The lowest BCUT2D eigenvalue weighted by Crippen LogP contribution is -2.43. The lowest BCUT2D eigenvalue weighted by atomic mass is 9.88. The highest BCUT2D eigenvalue weighted by atomic mass is 35.5. The maximum Gasteiger partial charge on any atom is 0.253 e. The van der Waals surface area contributed by atoms with Crippen LogP contribution in [0.1, 0.15) is 47.2 Å². The minimum absolute atomic E-state index is 0. The number of hydrogen-bond donors (Lipinski definition) is 1. The molecule has 2 fully saturated rings. The van der Waals surface area contributed by atoms with Crippen molar-refractivity contribution in [2.24, 2.45) is 5.92 Å². The second-order valence-corrected chi connectivity index (χ2v) is 6.71. The topological polar surface area (TPSA) is 32.3 Å². The Morgan fingerprint density at radius 3 is 2.27 bits per heavy atom. The third-order valence-electron chi connectivity index (χ3n) is 4.96. The zero-order valence-electron chi connectivity index (χ0n) is 13.6. The van der Waals surface area contributed by atoms with Crippen LogP contribution >= 0.6 is 12.4 Å². The quantitative estimate of drug-likeness (QED) is 0.905. The van der Waals surface area contributed by atoms with Gasteiger partial charge in [-0.1, -0.05) is 17.2 Å². The number of aryl methyl sites for hydroxylation is 2. The summed E-state index contributed by atoms with van der Waals surface area (Å²) >= 11 is 0. The Morgan fingerprint density at radius 1 is 1.09 bits per heavy atom. The third kappa shape index (κ3) is 3.82. The van der Waals surface area contributed by atoms with Gasteiger partial charge in [-0.15, -0.1) is 12.4 Å². The zero-order valence-corrected chi connectivity index (χ0v) is 14.4. The minimum Gasteiger partial charge on any atom is -0.339 e. The van der Waals surface area contributed by atoms with Crippen LogP contribution in [0.25, 0.3) is 0 Å². The first-order chi connectivity index (χ1) is 10.1. The van der Waals surface area contributed by atoms with Gasteiger partial charge in [-0.2, -0.15) is 0 Å². The molecule has 0 bridgehead atoms. The average Bonchev–Trinajstić information content (AvgIpc) is 3.00. The highest BCUT2D eigenvalue weighted by Gasteiger charge is 2.30. The van der Waals surface area contributed by atoms with E-state index >= 15 is 0 Å². The van der Waals surface area contributed by atoms with E-state index in [1.165, 1.54) is 30.5 Å². The molecule has 122 valence electrons. The molecular weight excluding hydrogens is 296 g/mol. The van der Waals surface area contributed by atoms with Gasteiger partial charge in [0.2, 0.25) is 0 Å². The van der Waals surface area contributed by atoms with E-state index in [9.17, 15) is 4.79 Å². The highest BCUT2D eigenvalue weighted by Crippen LogP contribution is 2.26. The number of nitrogens with one attached hydrogen (secondary N) is 1. The molecule has 2 saturated heterocycles. The fourth-order valence-corrected chi connectivity index (χ4v) is 3.90. The SMILES string of the molecule is Cc1cc(C)cc(C(=O)N2CCC(C3CCCN3)CC2)c1.Cl. The molecule has 4 heteroatoms. The van der Waals surface area contributed by atoms with Gasteiger partial charge < -0.3 is 10.2 Å².